The first kappa shape index (κ1) is 32.9. The third kappa shape index (κ3) is 8.11. The minimum atomic E-state index is -1.04. The summed E-state index contributed by atoms with van der Waals surface area (Å²) in [5.74, 6) is -0.929. The molecule has 2 atom stereocenters. The van der Waals surface area contributed by atoms with Gasteiger partial charge in [-0.2, -0.15) is 0 Å². The van der Waals surface area contributed by atoms with Crippen molar-refractivity contribution in [1.82, 2.24) is 10.2 Å². The second kappa shape index (κ2) is 15.3. The molecule has 8 heteroatoms. The van der Waals surface area contributed by atoms with Crippen LogP contribution in [0.4, 0.5) is 4.39 Å². The maximum Gasteiger partial charge on any atom is 0.305 e. The van der Waals surface area contributed by atoms with Gasteiger partial charge in [-0.1, -0.05) is 85.6 Å². The van der Waals surface area contributed by atoms with E-state index in [1.165, 1.54) is 12.1 Å². The molecular weight excluding hydrogens is 607 g/mol. The van der Waals surface area contributed by atoms with Crippen molar-refractivity contribution in [1.29, 1.82) is 0 Å². The van der Waals surface area contributed by atoms with Crippen LogP contribution in [-0.4, -0.2) is 40.9 Å². The molecule has 4 aromatic rings. The summed E-state index contributed by atoms with van der Waals surface area (Å²) in [5, 5.41) is 12.8. The molecule has 2 unspecified atom stereocenters. The van der Waals surface area contributed by atoms with E-state index in [1.807, 2.05) is 72.8 Å². The third-order valence-corrected chi connectivity index (χ3v) is 9.54. The summed E-state index contributed by atoms with van der Waals surface area (Å²) >= 11 is 0. The zero-order valence-corrected chi connectivity index (χ0v) is 26.9. The van der Waals surface area contributed by atoms with Crippen molar-refractivity contribution >= 4 is 17.8 Å². The van der Waals surface area contributed by atoms with Gasteiger partial charge in [0, 0.05) is 19.4 Å². The van der Waals surface area contributed by atoms with Gasteiger partial charge in [0.2, 0.25) is 11.8 Å². The number of ether oxygens (including phenoxy) is 1. The largest absolute Gasteiger partial charge is 0.493 e. The molecule has 0 aromatic heterocycles. The molecule has 1 fully saturated rings. The fourth-order valence-electron chi connectivity index (χ4n) is 6.97. The molecule has 4 aromatic carbocycles. The lowest BCUT2D eigenvalue weighted by Crippen LogP contribution is -2.48. The van der Waals surface area contributed by atoms with E-state index in [0.29, 0.717) is 55.2 Å². The molecule has 0 radical (unpaired) electrons. The van der Waals surface area contributed by atoms with Crippen LogP contribution in [0.25, 0.3) is 11.1 Å². The summed E-state index contributed by atoms with van der Waals surface area (Å²) in [6, 6.07) is 27.6. The number of amides is 2. The molecule has 7 nitrogen and oxygen atoms in total. The number of benzene rings is 4. The monoisotopic (exact) mass is 648 g/mol. The summed E-state index contributed by atoms with van der Waals surface area (Å²) in [4.78, 5) is 41.8. The fraction of sp³-hybridized carbons (Fsp3) is 0.325. The summed E-state index contributed by atoms with van der Waals surface area (Å²) in [6.07, 6.45) is 5.52. The van der Waals surface area contributed by atoms with Gasteiger partial charge in [0.15, 0.2) is 0 Å². The Bertz CT molecular complexity index is 1720. The second-order valence-corrected chi connectivity index (χ2v) is 12.8. The normalized spacial score (nSPS) is 16.6. The molecule has 2 aliphatic rings. The summed E-state index contributed by atoms with van der Waals surface area (Å²) < 4.78 is 19.4. The summed E-state index contributed by atoms with van der Waals surface area (Å²) in [7, 11) is 0. The van der Waals surface area contributed by atoms with Crippen molar-refractivity contribution in [3.63, 3.8) is 0 Å². The number of carboxylic acids is 1. The first-order chi connectivity index (χ1) is 23.3. The van der Waals surface area contributed by atoms with Gasteiger partial charge < -0.3 is 20.1 Å². The number of hydrogen-bond donors (Lipinski definition) is 2. The van der Waals surface area contributed by atoms with Gasteiger partial charge in [-0.15, -0.1) is 0 Å². The average Bonchev–Trinajstić information content (AvgIpc) is 3.61. The lowest BCUT2D eigenvalue weighted by Gasteiger charge is -2.38. The number of carbonyl (C=O) groups excluding carboxylic acids is 2. The molecular formula is C40H41FN2O5. The predicted molar refractivity (Wildman–Crippen MR) is 182 cm³/mol. The topological polar surface area (TPSA) is 95.9 Å². The molecule has 1 heterocycles. The minimum absolute atomic E-state index is 0.0580. The van der Waals surface area contributed by atoms with E-state index in [4.69, 9.17) is 4.74 Å². The van der Waals surface area contributed by atoms with Crippen LogP contribution in [0.5, 0.6) is 5.75 Å². The molecule has 0 bridgehead atoms. The van der Waals surface area contributed by atoms with Gasteiger partial charge in [0.05, 0.1) is 19.1 Å². The first-order valence-electron chi connectivity index (χ1n) is 16.8. The fourth-order valence-corrected chi connectivity index (χ4v) is 6.97. The summed E-state index contributed by atoms with van der Waals surface area (Å²) in [5.41, 5.74) is 5.27. The molecule has 1 aliphatic carbocycles. The highest BCUT2D eigenvalue weighted by molar-refractivity contribution is 5.90. The number of fused-ring (bicyclic) bond motifs is 1. The molecule has 1 aliphatic heterocycles. The molecule has 248 valence electrons. The van der Waals surface area contributed by atoms with Crippen LogP contribution in [-0.2, 0) is 27.2 Å². The van der Waals surface area contributed by atoms with Crippen LogP contribution in [0.1, 0.15) is 72.9 Å². The van der Waals surface area contributed by atoms with Gasteiger partial charge in [0.1, 0.15) is 17.6 Å². The SMILES string of the molecule is O=C(O)CC(NC(=O)C1c2cc(OCCc3ccc(F)cc3)ccc2CCN1C(=O)CC1CCCC1)c1ccc(-c2ccccc2)cc1. The van der Waals surface area contributed by atoms with Crippen LogP contribution >= 0.6 is 0 Å². The van der Waals surface area contributed by atoms with E-state index in [0.717, 1.165) is 47.9 Å². The molecule has 0 saturated heterocycles. The predicted octanol–water partition coefficient (Wildman–Crippen LogP) is 7.45. The van der Waals surface area contributed by atoms with Gasteiger partial charge in [-0.05, 0) is 82.8 Å². The third-order valence-electron chi connectivity index (χ3n) is 9.54. The number of carboxylic acid groups (broad SMARTS) is 1. The van der Waals surface area contributed by atoms with E-state index in [9.17, 15) is 23.9 Å². The molecule has 48 heavy (non-hydrogen) atoms. The van der Waals surface area contributed by atoms with Crippen molar-refractivity contribution < 1.29 is 28.6 Å². The highest BCUT2D eigenvalue weighted by Gasteiger charge is 2.38. The Morgan fingerprint density at radius 3 is 2.31 bits per heavy atom. The lowest BCUT2D eigenvalue weighted by atomic mass is 9.90. The minimum Gasteiger partial charge on any atom is -0.493 e. The first-order valence-corrected chi connectivity index (χ1v) is 16.8. The van der Waals surface area contributed by atoms with Gasteiger partial charge in [-0.3, -0.25) is 14.4 Å². The highest BCUT2D eigenvalue weighted by Crippen LogP contribution is 2.36. The number of nitrogens with zero attached hydrogens (tertiary/aromatic N) is 1. The van der Waals surface area contributed by atoms with Crippen molar-refractivity contribution in [2.24, 2.45) is 5.92 Å². The number of aliphatic carboxylic acids is 1. The Labute approximate surface area is 280 Å². The van der Waals surface area contributed by atoms with Gasteiger partial charge >= 0.3 is 5.97 Å². The Hall–Kier alpha value is -4.98. The van der Waals surface area contributed by atoms with E-state index in [2.05, 4.69) is 5.32 Å². The average molecular weight is 649 g/mol. The number of hydrogen-bond acceptors (Lipinski definition) is 4. The van der Waals surface area contributed by atoms with E-state index in [1.54, 1.807) is 17.0 Å². The molecule has 2 amide bonds. The molecule has 0 spiro atoms. The van der Waals surface area contributed by atoms with E-state index < -0.39 is 24.0 Å². The number of nitrogens with one attached hydrogen (secondary N) is 1. The zero-order chi connectivity index (χ0) is 33.5. The highest BCUT2D eigenvalue weighted by atomic mass is 19.1. The maximum absolute atomic E-state index is 14.3. The van der Waals surface area contributed by atoms with Crippen molar-refractivity contribution in [3.05, 3.63) is 125 Å². The van der Waals surface area contributed by atoms with Crippen LogP contribution in [0.2, 0.25) is 0 Å². The molecule has 6 rings (SSSR count). The zero-order valence-electron chi connectivity index (χ0n) is 26.9. The van der Waals surface area contributed by atoms with Crippen LogP contribution in [0.15, 0.2) is 97.1 Å². The van der Waals surface area contributed by atoms with Crippen LogP contribution in [0.3, 0.4) is 0 Å². The van der Waals surface area contributed by atoms with Gasteiger partial charge in [0.25, 0.3) is 0 Å². The maximum atomic E-state index is 14.3. The quantitative estimate of drug-likeness (QED) is 0.166. The number of rotatable bonds is 12. The Balaban J connectivity index is 1.25. The van der Waals surface area contributed by atoms with Crippen molar-refractivity contribution in [2.75, 3.05) is 13.2 Å². The van der Waals surface area contributed by atoms with Gasteiger partial charge in [-0.25, -0.2) is 4.39 Å². The molecule has 1 saturated carbocycles. The van der Waals surface area contributed by atoms with E-state index in [-0.39, 0.29) is 18.1 Å². The molecule has 2 N–H and O–H groups in total. The van der Waals surface area contributed by atoms with E-state index >= 15 is 0 Å². The van der Waals surface area contributed by atoms with Crippen molar-refractivity contribution in [2.45, 2.75) is 63.5 Å². The Kier molecular flexibility index (Phi) is 10.5. The Morgan fingerprint density at radius 1 is 0.896 bits per heavy atom. The lowest BCUT2D eigenvalue weighted by molar-refractivity contribution is -0.143. The number of halogens is 1. The second-order valence-electron chi connectivity index (χ2n) is 12.8. The van der Waals surface area contributed by atoms with Crippen LogP contribution < -0.4 is 10.1 Å². The standard InChI is InChI=1S/C40H41FN2O5/c41-33-17-10-27(11-18-33)21-23-48-34-19-16-31-20-22-43(37(44)24-28-6-4-5-7-28)39(35(31)25-34)40(47)42-36(26-38(45)46)32-14-12-30(13-15-32)29-8-2-1-3-9-29/h1-3,8-19,25,28,36,39H,4-7,20-24,26H2,(H,42,47)(H,45,46). The smallest absolute Gasteiger partial charge is 0.305 e. The van der Waals surface area contributed by atoms with Crippen molar-refractivity contribution in [3.8, 4) is 16.9 Å². The Morgan fingerprint density at radius 2 is 1.60 bits per heavy atom. The van der Waals surface area contributed by atoms with Crippen LogP contribution in [0, 0.1) is 11.7 Å². The number of carbonyl (C=O) groups is 3. The summed E-state index contributed by atoms with van der Waals surface area (Å²) in [6.45, 7) is 0.752.